The number of para-hydroxylation sites is 2. The zero-order valence-corrected chi connectivity index (χ0v) is 13.4. The summed E-state index contributed by atoms with van der Waals surface area (Å²) >= 11 is 0. The van der Waals surface area contributed by atoms with E-state index in [0.29, 0.717) is 12.1 Å². The van der Waals surface area contributed by atoms with Crippen LogP contribution in [0, 0.1) is 0 Å². The summed E-state index contributed by atoms with van der Waals surface area (Å²) in [6.07, 6.45) is 2.33. The fourth-order valence-electron chi connectivity index (χ4n) is 3.26. The van der Waals surface area contributed by atoms with Gasteiger partial charge in [-0.2, -0.15) is 0 Å². The maximum Gasteiger partial charge on any atom is 0.326 e. The number of H-pyrrole nitrogens is 1. The summed E-state index contributed by atoms with van der Waals surface area (Å²) in [4.78, 5) is 17.6. The molecule has 0 saturated carbocycles. The molecule has 1 N–H and O–H groups in total. The number of fused-ring (bicyclic) bond motifs is 1. The predicted molar refractivity (Wildman–Crippen MR) is 88.4 cm³/mol. The number of hydrogen-bond donors (Lipinski definition) is 1. The van der Waals surface area contributed by atoms with Gasteiger partial charge in [0, 0.05) is 25.7 Å². The first-order valence-corrected chi connectivity index (χ1v) is 8.18. The van der Waals surface area contributed by atoms with Gasteiger partial charge in [0.1, 0.15) is 0 Å². The van der Waals surface area contributed by atoms with Gasteiger partial charge < -0.3 is 14.6 Å². The first-order chi connectivity index (χ1) is 10.6. The van der Waals surface area contributed by atoms with E-state index in [1.54, 1.807) is 0 Å². The molecule has 5 heteroatoms. The van der Waals surface area contributed by atoms with Crippen LogP contribution in [-0.4, -0.2) is 46.8 Å². The molecule has 1 aromatic heterocycles. The van der Waals surface area contributed by atoms with Crippen molar-refractivity contribution in [1.82, 2.24) is 14.5 Å². The van der Waals surface area contributed by atoms with Crippen LogP contribution in [0.1, 0.15) is 32.7 Å². The minimum absolute atomic E-state index is 0.0165. The van der Waals surface area contributed by atoms with Crippen molar-refractivity contribution in [3.8, 4) is 0 Å². The average molecular weight is 303 g/mol. The molecule has 1 saturated heterocycles. The number of nitrogens with zero attached hydrogens (tertiary/aromatic N) is 2. The fourth-order valence-corrected chi connectivity index (χ4v) is 3.26. The molecular weight excluding hydrogens is 278 g/mol. The largest absolute Gasteiger partial charge is 0.377 e. The molecule has 0 spiro atoms. The number of aromatic amines is 1. The molecule has 0 amide bonds. The minimum atomic E-state index is 0.0165. The van der Waals surface area contributed by atoms with Gasteiger partial charge in [0.05, 0.1) is 23.7 Å². The Morgan fingerprint density at radius 3 is 2.73 bits per heavy atom. The molecule has 120 valence electrons. The molecule has 1 aromatic carbocycles. The van der Waals surface area contributed by atoms with E-state index in [1.165, 1.54) is 0 Å². The third-order valence-electron chi connectivity index (χ3n) is 4.40. The van der Waals surface area contributed by atoms with E-state index >= 15 is 0 Å². The number of likely N-dealkylation sites (tertiary alicyclic amines) is 1. The zero-order chi connectivity index (χ0) is 15.5. The molecule has 0 bridgehead atoms. The van der Waals surface area contributed by atoms with Crippen LogP contribution in [0.4, 0.5) is 0 Å². The lowest BCUT2D eigenvalue weighted by Crippen LogP contribution is -2.38. The molecular formula is C17H25N3O2. The van der Waals surface area contributed by atoms with E-state index in [0.717, 1.165) is 50.1 Å². The Labute approximate surface area is 130 Å². The highest BCUT2D eigenvalue weighted by molar-refractivity contribution is 5.75. The van der Waals surface area contributed by atoms with Crippen LogP contribution in [0.2, 0.25) is 0 Å². The normalized spacial score (nSPS) is 17.6. The molecule has 0 radical (unpaired) electrons. The molecule has 0 unspecified atom stereocenters. The summed E-state index contributed by atoms with van der Waals surface area (Å²) in [5.41, 5.74) is 1.97. The summed E-state index contributed by atoms with van der Waals surface area (Å²) in [6.45, 7) is 7.95. The lowest BCUT2D eigenvalue weighted by molar-refractivity contribution is 0.0514. The SMILES string of the molecule is CC(C)OCCN1CCC(n2c(=O)[nH]c3ccccc32)CC1. The van der Waals surface area contributed by atoms with Crippen LogP contribution in [0.5, 0.6) is 0 Å². The Bertz CT molecular complexity index is 666. The molecule has 1 fully saturated rings. The van der Waals surface area contributed by atoms with Crippen molar-refractivity contribution in [1.29, 1.82) is 0 Å². The van der Waals surface area contributed by atoms with Crippen molar-refractivity contribution < 1.29 is 4.74 Å². The second kappa shape index (κ2) is 6.67. The number of ether oxygens (including phenoxy) is 1. The Morgan fingerprint density at radius 2 is 2.00 bits per heavy atom. The zero-order valence-electron chi connectivity index (χ0n) is 13.4. The van der Waals surface area contributed by atoms with E-state index in [9.17, 15) is 4.79 Å². The highest BCUT2D eigenvalue weighted by Crippen LogP contribution is 2.24. The molecule has 0 atom stereocenters. The van der Waals surface area contributed by atoms with Crippen molar-refractivity contribution >= 4 is 11.0 Å². The molecule has 1 aliphatic heterocycles. The van der Waals surface area contributed by atoms with E-state index in [1.807, 2.05) is 28.8 Å². The topological polar surface area (TPSA) is 50.3 Å². The Kier molecular flexibility index (Phi) is 4.64. The highest BCUT2D eigenvalue weighted by Gasteiger charge is 2.23. The van der Waals surface area contributed by atoms with Crippen molar-refractivity contribution in [3.63, 3.8) is 0 Å². The number of piperidine rings is 1. The Morgan fingerprint density at radius 1 is 1.27 bits per heavy atom. The lowest BCUT2D eigenvalue weighted by Gasteiger charge is -2.32. The lowest BCUT2D eigenvalue weighted by atomic mass is 10.0. The van der Waals surface area contributed by atoms with E-state index in [-0.39, 0.29) is 5.69 Å². The molecule has 2 heterocycles. The monoisotopic (exact) mass is 303 g/mol. The maximum atomic E-state index is 12.2. The van der Waals surface area contributed by atoms with Crippen molar-refractivity contribution in [3.05, 3.63) is 34.7 Å². The summed E-state index contributed by atoms with van der Waals surface area (Å²) in [5.74, 6) is 0. The summed E-state index contributed by atoms with van der Waals surface area (Å²) in [5, 5.41) is 0. The van der Waals surface area contributed by atoms with Gasteiger partial charge in [-0.3, -0.25) is 4.57 Å². The molecule has 2 aromatic rings. The third kappa shape index (κ3) is 3.25. The number of aromatic nitrogens is 2. The van der Waals surface area contributed by atoms with Crippen LogP contribution in [-0.2, 0) is 4.74 Å². The van der Waals surface area contributed by atoms with Gasteiger partial charge in [-0.1, -0.05) is 12.1 Å². The van der Waals surface area contributed by atoms with Crippen LogP contribution in [0.25, 0.3) is 11.0 Å². The Hall–Kier alpha value is -1.59. The third-order valence-corrected chi connectivity index (χ3v) is 4.40. The van der Waals surface area contributed by atoms with E-state index in [4.69, 9.17) is 4.74 Å². The summed E-state index contributed by atoms with van der Waals surface area (Å²) < 4.78 is 7.56. The van der Waals surface area contributed by atoms with E-state index < -0.39 is 0 Å². The number of hydrogen-bond acceptors (Lipinski definition) is 3. The van der Waals surface area contributed by atoms with Gasteiger partial charge in [-0.25, -0.2) is 4.79 Å². The van der Waals surface area contributed by atoms with Gasteiger partial charge in [-0.05, 0) is 38.8 Å². The minimum Gasteiger partial charge on any atom is -0.377 e. The number of rotatable bonds is 5. The van der Waals surface area contributed by atoms with Gasteiger partial charge in [0.2, 0.25) is 0 Å². The molecule has 0 aliphatic carbocycles. The quantitative estimate of drug-likeness (QED) is 0.922. The second-order valence-electron chi connectivity index (χ2n) is 6.31. The maximum absolute atomic E-state index is 12.2. The molecule has 1 aliphatic rings. The molecule has 22 heavy (non-hydrogen) atoms. The van der Waals surface area contributed by atoms with Crippen molar-refractivity contribution in [2.45, 2.75) is 38.8 Å². The fraction of sp³-hybridized carbons (Fsp3) is 0.588. The standard InChI is InChI=1S/C17H25N3O2/c1-13(2)22-12-11-19-9-7-14(8-10-19)20-16-6-4-3-5-15(16)18-17(20)21/h3-6,13-14H,7-12H2,1-2H3,(H,18,21). The first kappa shape index (κ1) is 15.3. The van der Waals surface area contributed by atoms with Gasteiger partial charge in [0.25, 0.3) is 0 Å². The first-order valence-electron chi connectivity index (χ1n) is 8.18. The van der Waals surface area contributed by atoms with Crippen molar-refractivity contribution in [2.75, 3.05) is 26.2 Å². The smallest absolute Gasteiger partial charge is 0.326 e. The number of imidazole rings is 1. The van der Waals surface area contributed by atoms with Crippen LogP contribution >= 0.6 is 0 Å². The van der Waals surface area contributed by atoms with Crippen LogP contribution in [0.15, 0.2) is 29.1 Å². The number of benzene rings is 1. The predicted octanol–water partition coefficient (Wildman–Crippen LogP) is 2.39. The summed E-state index contributed by atoms with van der Waals surface area (Å²) in [7, 11) is 0. The van der Waals surface area contributed by atoms with Gasteiger partial charge in [-0.15, -0.1) is 0 Å². The Balaban J connectivity index is 1.63. The highest BCUT2D eigenvalue weighted by atomic mass is 16.5. The van der Waals surface area contributed by atoms with E-state index in [2.05, 4.69) is 23.7 Å². The second-order valence-corrected chi connectivity index (χ2v) is 6.31. The molecule has 5 nitrogen and oxygen atoms in total. The van der Waals surface area contributed by atoms with Crippen LogP contribution in [0.3, 0.4) is 0 Å². The van der Waals surface area contributed by atoms with Crippen molar-refractivity contribution in [2.24, 2.45) is 0 Å². The summed E-state index contributed by atoms with van der Waals surface area (Å²) in [6, 6.07) is 8.23. The van der Waals surface area contributed by atoms with Crippen LogP contribution < -0.4 is 5.69 Å². The van der Waals surface area contributed by atoms with Gasteiger partial charge in [0.15, 0.2) is 0 Å². The average Bonchev–Trinajstić information content (AvgIpc) is 2.83. The number of nitrogens with one attached hydrogen (secondary N) is 1. The molecule has 3 rings (SSSR count). The van der Waals surface area contributed by atoms with Gasteiger partial charge >= 0.3 is 5.69 Å².